The fourth-order valence-electron chi connectivity index (χ4n) is 2.59. The zero-order chi connectivity index (χ0) is 16.8. The summed E-state index contributed by atoms with van der Waals surface area (Å²) in [5, 5.41) is 8.59. The van der Waals surface area contributed by atoms with Crippen LogP contribution in [-0.4, -0.2) is 58.9 Å². The number of piperazine rings is 1. The Balaban J connectivity index is 1.81. The van der Waals surface area contributed by atoms with Gasteiger partial charge in [-0.15, -0.1) is 0 Å². The Bertz CT molecular complexity index is 575. The highest BCUT2D eigenvalue weighted by Crippen LogP contribution is 2.11. The molecule has 0 spiro atoms. The molecule has 0 aromatic heterocycles. The van der Waals surface area contributed by atoms with Crippen molar-refractivity contribution in [3.05, 3.63) is 35.4 Å². The summed E-state index contributed by atoms with van der Waals surface area (Å²) in [4.78, 5) is 38.3. The number of hydrogen-bond donors (Lipinski definition) is 1. The van der Waals surface area contributed by atoms with Gasteiger partial charge in [-0.25, -0.2) is 0 Å². The summed E-state index contributed by atoms with van der Waals surface area (Å²) in [5.74, 6) is -0.928. The minimum atomic E-state index is -0.883. The Morgan fingerprint density at radius 1 is 0.957 bits per heavy atom. The molecular formula is C17H22N2O4. The SMILES string of the molecule is Cc1ccc(C(=O)N2CCN(C(=O)CCCC(=O)O)CC2)cc1. The molecule has 124 valence electrons. The molecule has 6 nitrogen and oxygen atoms in total. The Kier molecular flexibility index (Phi) is 5.73. The number of rotatable bonds is 5. The van der Waals surface area contributed by atoms with E-state index in [4.69, 9.17) is 5.11 Å². The first-order chi connectivity index (χ1) is 11.0. The molecule has 1 aromatic carbocycles. The number of benzene rings is 1. The van der Waals surface area contributed by atoms with Gasteiger partial charge in [-0.1, -0.05) is 17.7 Å². The van der Waals surface area contributed by atoms with E-state index in [1.807, 2.05) is 31.2 Å². The van der Waals surface area contributed by atoms with Gasteiger partial charge in [0.05, 0.1) is 0 Å². The zero-order valence-electron chi connectivity index (χ0n) is 13.3. The second-order valence-corrected chi connectivity index (χ2v) is 5.79. The van der Waals surface area contributed by atoms with E-state index in [2.05, 4.69) is 0 Å². The number of amides is 2. The molecule has 0 saturated carbocycles. The summed E-state index contributed by atoms with van der Waals surface area (Å²) in [6.07, 6.45) is 0.618. The zero-order valence-corrected chi connectivity index (χ0v) is 13.3. The average molecular weight is 318 g/mol. The lowest BCUT2D eigenvalue weighted by Gasteiger charge is -2.35. The number of carbonyl (C=O) groups excluding carboxylic acids is 2. The van der Waals surface area contributed by atoms with Crippen LogP contribution < -0.4 is 0 Å². The van der Waals surface area contributed by atoms with Crippen molar-refractivity contribution in [2.75, 3.05) is 26.2 Å². The third kappa shape index (κ3) is 4.81. The van der Waals surface area contributed by atoms with Crippen LogP contribution >= 0.6 is 0 Å². The molecule has 6 heteroatoms. The topological polar surface area (TPSA) is 77.9 Å². The van der Waals surface area contributed by atoms with Crippen molar-refractivity contribution in [2.45, 2.75) is 26.2 Å². The van der Waals surface area contributed by atoms with Crippen LogP contribution in [0.2, 0.25) is 0 Å². The Labute approximate surface area is 135 Å². The van der Waals surface area contributed by atoms with Crippen molar-refractivity contribution < 1.29 is 19.5 Å². The number of aliphatic carboxylic acids is 1. The Morgan fingerprint density at radius 3 is 2.09 bits per heavy atom. The number of hydrogen-bond acceptors (Lipinski definition) is 3. The number of aryl methyl sites for hydroxylation is 1. The summed E-state index contributed by atoms with van der Waals surface area (Å²) < 4.78 is 0. The highest BCUT2D eigenvalue weighted by atomic mass is 16.4. The molecule has 1 aromatic rings. The maximum absolute atomic E-state index is 12.4. The molecule has 1 heterocycles. The molecule has 2 amide bonds. The molecule has 1 aliphatic heterocycles. The first-order valence-corrected chi connectivity index (χ1v) is 7.83. The maximum Gasteiger partial charge on any atom is 0.303 e. The monoisotopic (exact) mass is 318 g/mol. The van der Waals surface area contributed by atoms with Crippen LogP contribution in [0.25, 0.3) is 0 Å². The lowest BCUT2D eigenvalue weighted by atomic mass is 10.1. The smallest absolute Gasteiger partial charge is 0.303 e. The lowest BCUT2D eigenvalue weighted by Crippen LogP contribution is -2.50. The second kappa shape index (κ2) is 7.76. The molecule has 1 saturated heterocycles. The van der Waals surface area contributed by atoms with Gasteiger partial charge in [0.1, 0.15) is 0 Å². The standard InChI is InChI=1S/C17H22N2O4/c1-13-5-7-14(8-6-13)17(23)19-11-9-18(10-12-19)15(20)3-2-4-16(21)22/h5-8H,2-4,9-12H2,1H3,(H,21,22). The molecule has 1 aliphatic rings. The number of carboxylic acid groups (broad SMARTS) is 1. The van der Waals surface area contributed by atoms with Crippen LogP contribution in [0, 0.1) is 6.92 Å². The van der Waals surface area contributed by atoms with Crippen molar-refractivity contribution >= 4 is 17.8 Å². The fraction of sp³-hybridized carbons (Fsp3) is 0.471. The van der Waals surface area contributed by atoms with Crippen LogP contribution in [-0.2, 0) is 9.59 Å². The minimum absolute atomic E-state index is 0.0111. The summed E-state index contributed by atoms with van der Waals surface area (Å²) in [5.41, 5.74) is 1.77. The van der Waals surface area contributed by atoms with Crippen LogP contribution in [0.15, 0.2) is 24.3 Å². The van der Waals surface area contributed by atoms with E-state index < -0.39 is 5.97 Å². The Hall–Kier alpha value is -2.37. The Morgan fingerprint density at radius 2 is 1.52 bits per heavy atom. The van der Waals surface area contributed by atoms with Crippen molar-refractivity contribution in [1.82, 2.24) is 9.80 Å². The van der Waals surface area contributed by atoms with Gasteiger partial charge in [0.25, 0.3) is 5.91 Å². The molecule has 2 rings (SSSR count). The summed E-state index contributed by atoms with van der Waals surface area (Å²) >= 11 is 0. The van der Waals surface area contributed by atoms with E-state index in [1.54, 1.807) is 9.80 Å². The van der Waals surface area contributed by atoms with E-state index >= 15 is 0 Å². The largest absolute Gasteiger partial charge is 0.481 e. The van der Waals surface area contributed by atoms with Gasteiger partial charge in [-0.05, 0) is 25.5 Å². The quantitative estimate of drug-likeness (QED) is 0.893. The van der Waals surface area contributed by atoms with Crippen LogP contribution in [0.5, 0.6) is 0 Å². The lowest BCUT2D eigenvalue weighted by molar-refractivity contribution is -0.137. The molecule has 0 aliphatic carbocycles. The van der Waals surface area contributed by atoms with Gasteiger partial charge in [0, 0.05) is 44.6 Å². The molecule has 0 unspecified atom stereocenters. The van der Waals surface area contributed by atoms with Crippen molar-refractivity contribution in [1.29, 1.82) is 0 Å². The van der Waals surface area contributed by atoms with E-state index in [9.17, 15) is 14.4 Å². The molecule has 1 fully saturated rings. The van der Waals surface area contributed by atoms with Gasteiger partial charge in [0.2, 0.25) is 5.91 Å². The normalized spacial score (nSPS) is 14.7. The van der Waals surface area contributed by atoms with Gasteiger partial charge in [-0.2, -0.15) is 0 Å². The molecular weight excluding hydrogens is 296 g/mol. The van der Waals surface area contributed by atoms with Crippen LogP contribution in [0.3, 0.4) is 0 Å². The number of nitrogens with zero attached hydrogens (tertiary/aromatic N) is 2. The summed E-state index contributed by atoms with van der Waals surface area (Å²) in [7, 11) is 0. The summed E-state index contributed by atoms with van der Waals surface area (Å²) in [6, 6.07) is 7.47. The molecule has 1 N–H and O–H groups in total. The molecule has 0 bridgehead atoms. The highest BCUT2D eigenvalue weighted by molar-refractivity contribution is 5.94. The number of carbonyl (C=O) groups is 3. The van der Waals surface area contributed by atoms with E-state index in [1.165, 1.54) is 0 Å². The maximum atomic E-state index is 12.4. The first kappa shape index (κ1) is 17.0. The fourth-order valence-corrected chi connectivity index (χ4v) is 2.59. The number of carboxylic acids is 1. The summed E-state index contributed by atoms with van der Waals surface area (Å²) in [6.45, 7) is 4.00. The predicted molar refractivity (Wildman–Crippen MR) is 85.1 cm³/mol. The third-order valence-electron chi connectivity index (χ3n) is 4.00. The van der Waals surface area contributed by atoms with E-state index in [0.717, 1.165) is 5.56 Å². The van der Waals surface area contributed by atoms with Crippen molar-refractivity contribution in [2.24, 2.45) is 0 Å². The molecule has 0 radical (unpaired) electrons. The highest BCUT2D eigenvalue weighted by Gasteiger charge is 2.24. The van der Waals surface area contributed by atoms with E-state index in [0.29, 0.717) is 38.2 Å². The molecule has 0 atom stereocenters. The van der Waals surface area contributed by atoms with Crippen molar-refractivity contribution in [3.63, 3.8) is 0 Å². The van der Waals surface area contributed by atoms with Crippen LogP contribution in [0.1, 0.15) is 35.2 Å². The van der Waals surface area contributed by atoms with Gasteiger partial charge < -0.3 is 14.9 Å². The minimum Gasteiger partial charge on any atom is -0.481 e. The predicted octanol–water partition coefficient (Wildman–Crippen LogP) is 1.53. The van der Waals surface area contributed by atoms with Gasteiger partial charge in [0.15, 0.2) is 0 Å². The van der Waals surface area contributed by atoms with E-state index in [-0.39, 0.29) is 24.7 Å². The first-order valence-electron chi connectivity index (χ1n) is 7.83. The van der Waals surface area contributed by atoms with Gasteiger partial charge >= 0.3 is 5.97 Å². The average Bonchev–Trinajstić information content (AvgIpc) is 2.54. The second-order valence-electron chi connectivity index (χ2n) is 5.79. The molecule has 23 heavy (non-hydrogen) atoms. The van der Waals surface area contributed by atoms with Gasteiger partial charge in [-0.3, -0.25) is 14.4 Å². The van der Waals surface area contributed by atoms with Crippen molar-refractivity contribution in [3.8, 4) is 0 Å². The third-order valence-corrected chi connectivity index (χ3v) is 4.00. The van der Waals surface area contributed by atoms with Crippen LogP contribution in [0.4, 0.5) is 0 Å².